The van der Waals surface area contributed by atoms with E-state index < -0.39 is 0 Å². The van der Waals surface area contributed by atoms with Gasteiger partial charge < -0.3 is 0 Å². The molecule has 0 aromatic heterocycles. The number of fused-ring (bicyclic) bond motifs is 1. The van der Waals surface area contributed by atoms with Crippen LogP contribution in [0.4, 0.5) is 5.69 Å². The number of halogens is 1. The average Bonchev–Trinajstić information content (AvgIpc) is 2.65. The Labute approximate surface area is 123 Å². The summed E-state index contributed by atoms with van der Waals surface area (Å²) < 4.78 is 0. The van der Waals surface area contributed by atoms with Gasteiger partial charge in [-0.15, -0.1) is 0 Å². The zero-order valence-electron chi connectivity index (χ0n) is 11.5. The molecular formula is C16H16ClNO2. The number of hydrogen-bond acceptors (Lipinski definition) is 2. The molecule has 3 nitrogen and oxygen atoms in total. The normalized spacial score (nSPS) is 25.8. The fraction of sp³-hybridized carbons (Fsp3) is 0.375. The summed E-state index contributed by atoms with van der Waals surface area (Å²) in [5, 5.41) is 0.537. The molecule has 1 fully saturated rings. The number of rotatable bonds is 1. The van der Waals surface area contributed by atoms with E-state index in [-0.39, 0.29) is 23.7 Å². The van der Waals surface area contributed by atoms with Gasteiger partial charge in [-0.1, -0.05) is 29.3 Å². The monoisotopic (exact) mass is 289 g/mol. The average molecular weight is 290 g/mol. The third-order valence-corrected chi connectivity index (χ3v) is 4.47. The van der Waals surface area contributed by atoms with Crippen molar-refractivity contribution in [3.63, 3.8) is 0 Å². The van der Waals surface area contributed by atoms with Gasteiger partial charge >= 0.3 is 0 Å². The van der Waals surface area contributed by atoms with Gasteiger partial charge in [0, 0.05) is 5.02 Å². The molecule has 1 aromatic rings. The van der Waals surface area contributed by atoms with Gasteiger partial charge in [-0.2, -0.15) is 0 Å². The van der Waals surface area contributed by atoms with Gasteiger partial charge in [-0.3, -0.25) is 9.59 Å². The number of amides is 2. The van der Waals surface area contributed by atoms with E-state index in [4.69, 9.17) is 11.6 Å². The standard InChI is InChI=1S/C16H16ClNO2/c1-9-3-6-12-13(7-9)16(20)18(15(12)19)14-8-11(17)5-4-10(14)2/h3-5,8,12-13H,6-7H2,1-2H3. The summed E-state index contributed by atoms with van der Waals surface area (Å²) in [7, 11) is 0. The summed E-state index contributed by atoms with van der Waals surface area (Å²) in [6.07, 6.45) is 3.42. The highest BCUT2D eigenvalue weighted by molar-refractivity contribution is 6.31. The summed E-state index contributed by atoms with van der Waals surface area (Å²) in [6.45, 7) is 3.90. The maximum atomic E-state index is 12.6. The number of anilines is 1. The van der Waals surface area contributed by atoms with Gasteiger partial charge in [0.1, 0.15) is 0 Å². The predicted octanol–water partition coefficient (Wildman–Crippen LogP) is 3.49. The quantitative estimate of drug-likeness (QED) is 0.586. The van der Waals surface area contributed by atoms with Crippen LogP contribution in [0.3, 0.4) is 0 Å². The molecule has 1 saturated heterocycles. The van der Waals surface area contributed by atoms with E-state index in [1.54, 1.807) is 12.1 Å². The lowest BCUT2D eigenvalue weighted by Crippen LogP contribution is -2.31. The van der Waals surface area contributed by atoms with E-state index >= 15 is 0 Å². The second-order valence-electron chi connectivity index (χ2n) is 5.65. The molecule has 2 aliphatic rings. The molecule has 0 radical (unpaired) electrons. The molecule has 2 unspecified atom stereocenters. The Balaban J connectivity index is 2.02. The van der Waals surface area contributed by atoms with Crippen LogP contribution in [0.15, 0.2) is 29.8 Å². The molecule has 20 heavy (non-hydrogen) atoms. The van der Waals surface area contributed by atoms with Gasteiger partial charge in [-0.05, 0) is 44.4 Å². The minimum absolute atomic E-state index is 0.0854. The van der Waals surface area contributed by atoms with Gasteiger partial charge in [-0.25, -0.2) is 4.90 Å². The van der Waals surface area contributed by atoms with Crippen molar-refractivity contribution >= 4 is 29.1 Å². The molecule has 2 atom stereocenters. The van der Waals surface area contributed by atoms with Crippen molar-refractivity contribution < 1.29 is 9.59 Å². The van der Waals surface area contributed by atoms with Gasteiger partial charge in [0.2, 0.25) is 11.8 Å². The number of aryl methyl sites for hydroxylation is 1. The lowest BCUT2D eigenvalue weighted by molar-refractivity contribution is -0.122. The van der Waals surface area contributed by atoms with Crippen LogP contribution in [0.25, 0.3) is 0 Å². The Morgan fingerprint density at radius 1 is 1.15 bits per heavy atom. The molecule has 1 heterocycles. The summed E-state index contributed by atoms with van der Waals surface area (Å²) in [6, 6.07) is 5.30. The van der Waals surface area contributed by atoms with Gasteiger partial charge in [0.05, 0.1) is 17.5 Å². The minimum atomic E-state index is -0.204. The van der Waals surface area contributed by atoms with E-state index in [0.717, 1.165) is 5.56 Å². The van der Waals surface area contributed by atoms with Crippen molar-refractivity contribution in [2.45, 2.75) is 26.7 Å². The molecule has 3 rings (SSSR count). The smallest absolute Gasteiger partial charge is 0.238 e. The number of imide groups is 1. The second-order valence-corrected chi connectivity index (χ2v) is 6.08. The van der Waals surface area contributed by atoms with Crippen LogP contribution < -0.4 is 4.90 Å². The molecule has 4 heteroatoms. The number of carbonyl (C=O) groups is 2. The fourth-order valence-electron chi connectivity index (χ4n) is 3.10. The molecule has 0 N–H and O–H groups in total. The maximum Gasteiger partial charge on any atom is 0.238 e. The zero-order chi connectivity index (χ0) is 14.4. The first-order chi connectivity index (χ1) is 9.49. The van der Waals surface area contributed by atoms with Crippen molar-refractivity contribution in [1.82, 2.24) is 0 Å². The van der Waals surface area contributed by atoms with Crippen LogP contribution in [0.2, 0.25) is 5.02 Å². The number of allylic oxidation sites excluding steroid dienone is 2. The van der Waals surface area contributed by atoms with E-state index in [9.17, 15) is 9.59 Å². The second kappa shape index (κ2) is 4.74. The summed E-state index contributed by atoms with van der Waals surface area (Å²) >= 11 is 6.01. The molecule has 1 aromatic carbocycles. The molecule has 1 aliphatic carbocycles. The minimum Gasteiger partial charge on any atom is -0.274 e. The number of hydrogen-bond donors (Lipinski definition) is 0. The molecular weight excluding hydrogens is 274 g/mol. The number of carbonyl (C=O) groups excluding carboxylic acids is 2. The Bertz CT molecular complexity index is 635. The third kappa shape index (κ3) is 1.97. The molecule has 0 spiro atoms. The van der Waals surface area contributed by atoms with Crippen LogP contribution in [0.5, 0.6) is 0 Å². The van der Waals surface area contributed by atoms with Crippen molar-refractivity contribution in [2.75, 3.05) is 4.90 Å². The molecule has 1 aliphatic heterocycles. The third-order valence-electron chi connectivity index (χ3n) is 4.24. The lowest BCUT2D eigenvalue weighted by atomic mass is 9.82. The highest BCUT2D eigenvalue weighted by atomic mass is 35.5. The summed E-state index contributed by atoms with van der Waals surface area (Å²) in [4.78, 5) is 26.5. The van der Waals surface area contributed by atoms with E-state index in [0.29, 0.717) is 23.6 Å². The maximum absolute atomic E-state index is 12.6. The molecule has 2 amide bonds. The van der Waals surface area contributed by atoms with Crippen LogP contribution >= 0.6 is 11.6 Å². The van der Waals surface area contributed by atoms with Crippen molar-refractivity contribution in [3.8, 4) is 0 Å². The Morgan fingerprint density at radius 3 is 2.60 bits per heavy atom. The van der Waals surface area contributed by atoms with Crippen LogP contribution in [0, 0.1) is 18.8 Å². The first kappa shape index (κ1) is 13.4. The summed E-state index contributed by atoms with van der Waals surface area (Å²) in [5.74, 6) is -0.581. The molecule has 0 saturated carbocycles. The Morgan fingerprint density at radius 2 is 1.85 bits per heavy atom. The lowest BCUT2D eigenvalue weighted by Gasteiger charge is -2.19. The molecule has 104 valence electrons. The van der Waals surface area contributed by atoms with Crippen molar-refractivity contribution in [1.29, 1.82) is 0 Å². The van der Waals surface area contributed by atoms with Gasteiger partial charge in [0.15, 0.2) is 0 Å². The van der Waals surface area contributed by atoms with E-state index in [2.05, 4.69) is 6.08 Å². The highest BCUT2D eigenvalue weighted by Gasteiger charge is 2.48. The first-order valence-electron chi connectivity index (χ1n) is 6.78. The van der Waals surface area contributed by atoms with E-state index in [1.807, 2.05) is 19.9 Å². The first-order valence-corrected chi connectivity index (χ1v) is 7.16. The van der Waals surface area contributed by atoms with Crippen LogP contribution in [0.1, 0.15) is 25.3 Å². The van der Waals surface area contributed by atoms with Crippen molar-refractivity contribution in [3.05, 3.63) is 40.4 Å². The largest absolute Gasteiger partial charge is 0.274 e. The van der Waals surface area contributed by atoms with Gasteiger partial charge in [0.25, 0.3) is 0 Å². The predicted molar refractivity (Wildman–Crippen MR) is 78.7 cm³/mol. The van der Waals surface area contributed by atoms with Crippen LogP contribution in [-0.4, -0.2) is 11.8 Å². The Hall–Kier alpha value is -1.61. The molecule has 0 bridgehead atoms. The van der Waals surface area contributed by atoms with Crippen molar-refractivity contribution in [2.24, 2.45) is 11.8 Å². The zero-order valence-corrected chi connectivity index (χ0v) is 12.3. The number of benzene rings is 1. The highest BCUT2D eigenvalue weighted by Crippen LogP contribution is 2.40. The topological polar surface area (TPSA) is 37.4 Å². The summed E-state index contributed by atoms with van der Waals surface area (Å²) in [5.41, 5.74) is 2.70. The number of nitrogens with zero attached hydrogens (tertiary/aromatic N) is 1. The van der Waals surface area contributed by atoms with Crippen LogP contribution in [-0.2, 0) is 9.59 Å². The Kier molecular flexibility index (Phi) is 3.17. The SMILES string of the molecule is CC1=CCC2C(=O)N(c3cc(Cl)ccc3C)C(=O)C2C1. The fourth-order valence-corrected chi connectivity index (χ4v) is 3.26. The van der Waals surface area contributed by atoms with E-state index in [1.165, 1.54) is 10.5 Å².